The number of nitrogens with one attached hydrogen (secondary N) is 1. The Morgan fingerprint density at radius 1 is 1.31 bits per heavy atom. The monoisotopic (exact) mass is 224 g/mol. The number of H-pyrrole nitrogens is 1. The van der Waals surface area contributed by atoms with E-state index in [1.807, 2.05) is 4.90 Å². The van der Waals surface area contributed by atoms with Gasteiger partial charge in [-0.25, -0.2) is 0 Å². The van der Waals surface area contributed by atoms with E-state index in [9.17, 15) is 4.79 Å². The molecule has 1 rings (SSSR count). The first-order valence-corrected chi connectivity index (χ1v) is 5.94. The Hall–Kier alpha value is -1.39. The molecular formula is C11H20N4O. The lowest BCUT2D eigenvalue weighted by Crippen LogP contribution is -2.33. The molecule has 0 atom stereocenters. The summed E-state index contributed by atoms with van der Waals surface area (Å²) in [6, 6.07) is 0. The molecule has 0 aliphatic rings. The normalized spacial score (nSPS) is 10.4. The topological polar surface area (TPSA) is 61.9 Å². The molecule has 1 amide bonds. The molecule has 0 spiro atoms. The van der Waals surface area contributed by atoms with Crippen molar-refractivity contribution < 1.29 is 4.79 Å². The highest BCUT2D eigenvalue weighted by Gasteiger charge is 2.16. The average Bonchev–Trinajstić information content (AvgIpc) is 2.82. The highest BCUT2D eigenvalue weighted by molar-refractivity contribution is 5.91. The minimum atomic E-state index is -0.0179. The lowest BCUT2D eigenvalue weighted by molar-refractivity contribution is 0.0745. The maximum absolute atomic E-state index is 12.0. The van der Waals surface area contributed by atoms with Crippen molar-refractivity contribution in [3.05, 3.63) is 11.9 Å². The summed E-state index contributed by atoms with van der Waals surface area (Å²) >= 11 is 0. The van der Waals surface area contributed by atoms with Crippen LogP contribution in [0.5, 0.6) is 0 Å². The molecule has 1 N–H and O–H groups in total. The zero-order valence-electron chi connectivity index (χ0n) is 10.1. The maximum atomic E-state index is 12.0. The molecule has 0 saturated carbocycles. The number of hydrogen-bond acceptors (Lipinski definition) is 3. The van der Waals surface area contributed by atoms with Gasteiger partial charge in [-0.05, 0) is 12.8 Å². The minimum Gasteiger partial charge on any atom is -0.337 e. The molecule has 16 heavy (non-hydrogen) atoms. The van der Waals surface area contributed by atoms with Crippen molar-refractivity contribution in [1.29, 1.82) is 0 Å². The fraction of sp³-hybridized carbons (Fsp3) is 0.727. The molecular weight excluding hydrogens is 204 g/mol. The first-order valence-electron chi connectivity index (χ1n) is 5.94. The van der Waals surface area contributed by atoms with Crippen LogP contribution in [0.3, 0.4) is 0 Å². The number of amides is 1. The number of aromatic nitrogens is 3. The van der Waals surface area contributed by atoms with Crippen LogP contribution in [0.4, 0.5) is 0 Å². The number of rotatable bonds is 7. The van der Waals surface area contributed by atoms with Gasteiger partial charge < -0.3 is 4.90 Å². The molecule has 1 aromatic heterocycles. The van der Waals surface area contributed by atoms with Crippen LogP contribution in [-0.4, -0.2) is 39.3 Å². The Morgan fingerprint density at radius 3 is 2.38 bits per heavy atom. The van der Waals surface area contributed by atoms with Gasteiger partial charge >= 0.3 is 0 Å². The maximum Gasteiger partial charge on any atom is 0.276 e. The lowest BCUT2D eigenvalue weighted by atomic mass is 10.2. The van der Waals surface area contributed by atoms with Crippen molar-refractivity contribution >= 4 is 5.91 Å². The predicted molar refractivity (Wildman–Crippen MR) is 62.1 cm³/mol. The third-order valence-corrected chi connectivity index (χ3v) is 2.48. The summed E-state index contributed by atoms with van der Waals surface area (Å²) in [7, 11) is 0. The fourth-order valence-corrected chi connectivity index (χ4v) is 1.48. The van der Waals surface area contributed by atoms with Crippen molar-refractivity contribution in [3.8, 4) is 0 Å². The molecule has 0 radical (unpaired) electrons. The molecule has 5 nitrogen and oxygen atoms in total. The summed E-state index contributed by atoms with van der Waals surface area (Å²) in [4.78, 5) is 13.9. The van der Waals surface area contributed by atoms with E-state index in [4.69, 9.17) is 0 Å². The molecule has 1 heterocycles. The zero-order valence-corrected chi connectivity index (χ0v) is 10.1. The summed E-state index contributed by atoms with van der Waals surface area (Å²) in [6.45, 7) is 5.86. The summed E-state index contributed by atoms with van der Waals surface area (Å²) in [5.74, 6) is -0.0179. The van der Waals surface area contributed by atoms with Crippen molar-refractivity contribution in [2.45, 2.75) is 39.5 Å². The summed E-state index contributed by atoms with van der Waals surface area (Å²) in [6.07, 6.45) is 5.73. The fourth-order valence-electron chi connectivity index (χ4n) is 1.48. The number of aromatic amines is 1. The van der Waals surface area contributed by atoms with E-state index in [1.165, 1.54) is 6.20 Å². The smallest absolute Gasteiger partial charge is 0.276 e. The van der Waals surface area contributed by atoms with Crippen LogP contribution >= 0.6 is 0 Å². The number of unbranched alkanes of at least 4 members (excludes halogenated alkanes) is 2. The second-order valence-corrected chi connectivity index (χ2v) is 3.85. The summed E-state index contributed by atoms with van der Waals surface area (Å²) in [5.41, 5.74) is 0.409. The van der Waals surface area contributed by atoms with E-state index in [0.29, 0.717) is 5.69 Å². The molecule has 1 aromatic rings. The SMILES string of the molecule is CCCCN(CCCC)C(=O)c1cn[nH]n1. The van der Waals surface area contributed by atoms with Gasteiger partial charge in [0.1, 0.15) is 0 Å². The Morgan fingerprint density at radius 2 is 1.94 bits per heavy atom. The number of carbonyl (C=O) groups is 1. The van der Waals surface area contributed by atoms with Gasteiger partial charge in [-0.2, -0.15) is 15.4 Å². The molecule has 5 heteroatoms. The van der Waals surface area contributed by atoms with Gasteiger partial charge in [-0.3, -0.25) is 4.79 Å². The quantitative estimate of drug-likeness (QED) is 0.768. The minimum absolute atomic E-state index is 0.0179. The molecule has 0 unspecified atom stereocenters. The molecule has 0 aliphatic carbocycles. The highest BCUT2D eigenvalue weighted by atomic mass is 16.2. The predicted octanol–water partition coefficient (Wildman–Crippen LogP) is 1.85. The van der Waals surface area contributed by atoms with Gasteiger partial charge in [0.25, 0.3) is 5.91 Å². The largest absolute Gasteiger partial charge is 0.337 e. The lowest BCUT2D eigenvalue weighted by Gasteiger charge is -2.21. The Bertz CT molecular complexity index is 289. The van der Waals surface area contributed by atoms with Gasteiger partial charge in [0.15, 0.2) is 5.69 Å². The highest BCUT2D eigenvalue weighted by Crippen LogP contribution is 2.04. The second kappa shape index (κ2) is 6.98. The Balaban J connectivity index is 2.56. The molecule has 0 aliphatic heterocycles. The van der Waals surface area contributed by atoms with Gasteiger partial charge in [0.2, 0.25) is 0 Å². The number of nitrogens with zero attached hydrogens (tertiary/aromatic N) is 3. The molecule has 0 bridgehead atoms. The zero-order chi connectivity index (χ0) is 11.8. The van der Waals surface area contributed by atoms with Gasteiger partial charge in [-0.15, -0.1) is 0 Å². The molecule has 90 valence electrons. The van der Waals surface area contributed by atoms with Crippen LogP contribution < -0.4 is 0 Å². The molecule has 0 saturated heterocycles. The third kappa shape index (κ3) is 3.64. The van der Waals surface area contributed by atoms with Crippen molar-refractivity contribution in [3.63, 3.8) is 0 Å². The van der Waals surface area contributed by atoms with Crippen molar-refractivity contribution in [2.24, 2.45) is 0 Å². The second-order valence-electron chi connectivity index (χ2n) is 3.85. The summed E-state index contributed by atoms with van der Waals surface area (Å²) < 4.78 is 0. The summed E-state index contributed by atoms with van der Waals surface area (Å²) in [5, 5.41) is 9.96. The van der Waals surface area contributed by atoms with Gasteiger partial charge in [0, 0.05) is 13.1 Å². The van der Waals surface area contributed by atoms with Crippen LogP contribution in [-0.2, 0) is 0 Å². The first-order chi connectivity index (χ1) is 7.79. The van der Waals surface area contributed by atoms with E-state index in [0.717, 1.165) is 38.8 Å². The van der Waals surface area contributed by atoms with Gasteiger partial charge in [-0.1, -0.05) is 26.7 Å². The van der Waals surface area contributed by atoms with Gasteiger partial charge in [0.05, 0.1) is 6.20 Å². The van der Waals surface area contributed by atoms with Crippen molar-refractivity contribution in [1.82, 2.24) is 20.3 Å². The standard InChI is InChI=1S/C11H20N4O/c1-3-5-7-15(8-6-4-2)11(16)10-9-12-14-13-10/h9H,3-8H2,1-2H3,(H,12,13,14). The van der Waals surface area contributed by atoms with Crippen LogP contribution in [0.25, 0.3) is 0 Å². The van der Waals surface area contributed by atoms with Crippen LogP contribution in [0.1, 0.15) is 50.0 Å². The van der Waals surface area contributed by atoms with Crippen LogP contribution in [0.2, 0.25) is 0 Å². The van der Waals surface area contributed by atoms with E-state index in [2.05, 4.69) is 29.3 Å². The Kier molecular flexibility index (Phi) is 5.53. The van der Waals surface area contributed by atoms with Crippen LogP contribution in [0.15, 0.2) is 6.20 Å². The third-order valence-electron chi connectivity index (χ3n) is 2.48. The Labute approximate surface area is 96.2 Å². The average molecular weight is 224 g/mol. The van der Waals surface area contributed by atoms with E-state index in [1.54, 1.807) is 0 Å². The first kappa shape index (κ1) is 12.7. The number of carbonyl (C=O) groups excluding carboxylic acids is 1. The number of hydrogen-bond donors (Lipinski definition) is 1. The molecule has 0 aromatic carbocycles. The van der Waals surface area contributed by atoms with E-state index in [-0.39, 0.29) is 5.91 Å². The van der Waals surface area contributed by atoms with E-state index < -0.39 is 0 Å². The van der Waals surface area contributed by atoms with E-state index >= 15 is 0 Å². The molecule has 0 fully saturated rings. The van der Waals surface area contributed by atoms with Crippen LogP contribution in [0, 0.1) is 0 Å². The van der Waals surface area contributed by atoms with Crippen molar-refractivity contribution in [2.75, 3.05) is 13.1 Å².